The van der Waals surface area contributed by atoms with Crippen LogP contribution in [0.2, 0.25) is 0 Å². The van der Waals surface area contributed by atoms with E-state index in [-0.39, 0.29) is 22.6 Å². The Bertz CT molecular complexity index is 1260. The zero-order valence-corrected chi connectivity index (χ0v) is 20.1. The summed E-state index contributed by atoms with van der Waals surface area (Å²) in [5.41, 5.74) is 11.9. The number of hydrogen-bond acceptors (Lipinski definition) is 8. The highest BCUT2D eigenvalue weighted by Crippen LogP contribution is 2.40. The van der Waals surface area contributed by atoms with E-state index in [9.17, 15) is 18.7 Å². The summed E-state index contributed by atoms with van der Waals surface area (Å²) in [7, 11) is 0. The summed E-state index contributed by atoms with van der Waals surface area (Å²) in [5.74, 6) is -2.79. The second-order valence-electron chi connectivity index (χ2n) is 9.81. The van der Waals surface area contributed by atoms with Crippen molar-refractivity contribution in [3.05, 3.63) is 65.7 Å². The summed E-state index contributed by atoms with van der Waals surface area (Å²) in [6, 6.07) is 4.49. The van der Waals surface area contributed by atoms with Crippen molar-refractivity contribution in [2.24, 2.45) is 11.1 Å². The van der Waals surface area contributed by atoms with Gasteiger partial charge in [-0.15, -0.1) is 0 Å². The maximum atomic E-state index is 14.2. The summed E-state index contributed by atoms with van der Waals surface area (Å²) in [6.07, 6.45) is 2.50. The number of aliphatic hydroxyl groups is 1. The molecule has 1 aliphatic heterocycles. The van der Waals surface area contributed by atoms with Gasteiger partial charge in [-0.05, 0) is 30.0 Å². The maximum Gasteiger partial charge on any atom is 0.276 e. The van der Waals surface area contributed by atoms with Crippen LogP contribution < -0.4 is 16.8 Å². The number of hydrogen-bond donors (Lipinski definition) is 4. The Morgan fingerprint density at radius 3 is 2.56 bits per heavy atom. The second kappa shape index (κ2) is 9.84. The minimum atomic E-state index is -0.873. The average Bonchev–Trinajstić information content (AvgIpc) is 2.81. The van der Waals surface area contributed by atoms with Gasteiger partial charge in [-0.3, -0.25) is 9.78 Å². The van der Waals surface area contributed by atoms with Gasteiger partial charge in [-0.2, -0.15) is 0 Å². The zero-order valence-electron chi connectivity index (χ0n) is 20.1. The quantitative estimate of drug-likeness (QED) is 0.428. The van der Waals surface area contributed by atoms with E-state index in [0.29, 0.717) is 17.7 Å². The first kappa shape index (κ1) is 25.5. The summed E-state index contributed by atoms with van der Waals surface area (Å²) >= 11 is 0. The molecule has 0 bridgehead atoms. The molecule has 4 rings (SSSR count). The van der Waals surface area contributed by atoms with E-state index >= 15 is 0 Å². The number of ether oxygens (including phenoxy) is 1. The first-order chi connectivity index (χ1) is 17.0. The predicted molar refractivity (Wildman–Crippen MR) is 130 cm³/mol. The van der Waals surface area contributed by atoms with Gasteiger partial charge in [-0.1, -0.05) is 26.8 Å². The Kier molecular flexibility index (Phi) is 6.98. The van der Waals surface area contributed by atoms with Crippen molar-refractivity contribution in [2.75, 3.05) is 11.1 Å². The van der Waals surface area contributed by atoms with Crippen LogP contribution >= 0.6 is 0 Å². The lowest BCUT2D eigenvalue weighted by Crippen LogP contribution is -2.54. The number of carbonyl (C=O) groups excluding carboxylic acids is 1. The Morgan fingerprint density at radius 2 is 1.89 bits per heavy atom. The Morgan fingerprint density at radius 1 is 1.19 bits per heavy atom. The van der Waals surface area contributed by atoms with Crippen molar-refractivity contribution in [3.63, 3.8) is 0 Å². The molecule has 6 N–H and O–H groups in total. The number of amides is 1. The fraction of sp³-hybridized carbons (Fsp3) is 0.360. The van der Waals surface area contributed by atoms with Gasteiger partial charge in [-0.25, -0.2) is 18.7 Å². The monoisotopic (exact) mass is 498 g/mol. The van der Waals surface area contributed by atoms with E-state index in [1.165, 1.54) is 12.3 Å². The van der Waals surface area contributed by atoms with Crippen LogP contribution in [-0.2, 0) is 4.74 Å². The number of benzene rings is 1. The molecular formula is C25H28F2N6O3. The minimum absolute atomic E-state index is 0.0784. The predicted octanol–water partition coefficient (Wildman–Crippen LogP) is 3.22. The molecule has 0 saturated carbocycles. The summed E-state index contributed by atoms with van der Waals surface area (Å²) in [6.45, 7) is 5.83. The van der Waals surface area contributed by atoms with Crippen LogP contribution in [-0.4, -0.2) is 44.2 Å². The Balaban J connectivity index is 1.65. The number of nitrogen functional groups attached to an aromatic ring is 1. The number of carbonyl (C=O) groups is 1. The van der Waals surface area contributed by atoms with E-state index in [1.54, 1.807) is 12.3 Å². The molecule has 190 valence electrons. The number of pyridine rings is 1. The fourth-order valence-electron chi connectivity index (χ4n) is 4.22. The molecule has 2 aromatic heterocycles. The lowest BCUT2D eigenvalue weighted by molar-refractivity contribution is -0.167. The fourth-order valence-corrected chi connectivity index (χ4v) is 4.22. The van der Waals surface area contributed by atoms with Crippen molar-refractivity contribution in [1.82, 2.24) is 15.0 Å². The Labute approximate surface area is 206 Å². The van der Waals surface area contributed by atoms with Gasteiger partial charge >= 0.3 is 0 Å². The van der Waals surface area contributed by atoms with Crippen LogP contribution in [0.1, 0.15) is 49.3 Å². The highest BCUT2D eigenvalue weighted by atomic mass is 19.1. The van der Waals surface area contributed by atoms with Crippen LogP contribution in [0.5, 0.6) is 0 Å². The largest absolute Gasteiger partial charge is 0.396 e. The normalized spacial score (nSPS) is 22.3. The molecule has 9 nitrogen and oxygen atoms in total. The van der Waals surface area contributed by atoms with Crippen LogP contribution in [0.4, 0.5) is 20.2 Å². The molecule has 4 atom stereocenters. The maximum absolute atomic E-state index is 14.2. The highest BCUT2D eigenvalue weighted by molar-refractivity contribution is 6.06. The standard InChI is InChI=1S/C25H28F2N6O3/c1-25(2,3)22-21(34)15(28)9-18(36-22)12-7-8-30-11-17(12)32-24(35)20-16(29)10-31-23(33-20)19-13(26)5-4-6-14(19)27/h4-8,10-11,15,18,21-22,34H,9,28-29H2,1-3H3,(H,32,35)/t15-,18-,21+,22+/m1/s1. The van der Waals surface area contributed by atoms with E-state index in [0.717, 1.165) is 18.3 Å². The number of anilines is 2. The molecule has 1 fully saturated rings. The van der Waals surface area contributed by atoms with Gasteiger partial charge in [0.15, 0.2) is 11.5 Å². The highest BCUT2D eigenvalue weighted by Gasteiger charge is 2.43. The number of rotatable bonds is 4. The van der Waals surface area contributed by atoms with Gasteiger partial charge in [0.2, 0.25) is 0 Å². The van der Waals surface area contributed by atoms with Crippen molar-refractivity contribution in [1.29, 1.82) is 0 Å². The average molecular weight is 499 g/mol. The third kappa shape index (κ3) is 5.03. The van der Waals surface area contributed by atoms with Crippen LogP contribution in [0.15, 0.2) is 42.9 Å². The minimum Gasteiger partial charge on any atom is -0.396 e. The third-order valence-electron chi connectivity index (χ3n) is 6.07. The Hall–Kier alpha value is -3.54. The SMILES string of the molecule is CC(C)(C)[C@H]1O[C@@H](c2ccncc2NC(=O)c2nc(-c3c(F)cccc3F)ncc2N)C[C@@H](N)[C@@H]1O. The molecular weight excluding hydrogens is 470 g/mol. The topological polar surface area (TPSA) is 149 Å². The molecule has 11 heteroatoms. The number of nitrogens with one attached hydrogen (secondary N) is 1. The van der Waals surface area contributed by atoms with E-state index in [1.807, 2.05) is 20.8 Å². The van der Waals surface area contributed by atoms with Crippen molar-refractivity contribution in [3.8, 4) is 11.4 Å². The smallest absolute Gasteiger partial charge is 0.276 e. The molecule has 3 aromatic rings. The van der Waals surface area contributed by atoms with Gasteiger partial charge in [0.1, 0.15) is 11.6 Å². The molecule has 1 aromatic carbocycles. The van der Waals surface area contributed by atoms with Crippen molar-refractivity contribution >= 4 is 17.3 Å². The molecule has 0 spiro atoms. The molecule has 0 aliphatic carbocycles. The number of aromatic nitrogens is 3. The first-order valence-electron chi connectivity index (χ1n) is 11.4. The number of nitrogens with zero attached hydrogens (tertiary/aromatic N) is 3. The lowest BCUT2D eigenvalue weighted by atomic mass is 9.79. The van der Waals surface area contributed by atoms with Gasteiger partial charge in [0.05, 0.1) is 47.6 Å². The van der Waals surface area contributed by atoms with Gasteiger partial charge in [0.25, 0.3) is 5.91 Å². The van der Waals surface area contributed by atoms with Gasteiger partial charge in [0, 0.05) is 17.8 Å². The summed E-state index contributed by atoms with van der Waals surface area (Å²) in [4.78, 5) is 25.2. The molecule has 1 saturated heterocycles. The zero-order chi connectivity index (χ0) is 26.2. The van der Waals surface area contributed by atoms with Crippen LogP contribution in [0.3, 0.4) is 0 Å². The number of nitrogens with two attached hydrogens (primary N) is 2. The van der Waals surface area contributed by atoms with Crippen LogP contribution in [0.25, 0.3) is 11.4 Å². The van der Waals surface area contributed by atoms with E-state index < -0.39 is 47.5 Å². The molecule has 3 heterocycles. The van der Waals surface area contributed by atoms with Crippen LogP contribution in [0, 0.1) is 17.0 Å². The second-order valence-corrected chi connectivity index (χ2v) is 9.81. The summed E-state index contributed by atoms with van der Waals surface area (Å²) in [5, 5.41) is 13.3. The molecule has 1 aliphatic rings. The molecule has 0 radical (unpaired) electrons. The van der Waals surface area contributed by atoms with Crippen molar-refractivity contribution < 1.29 is 23.4 Å². The van der Waals surface area contributed by atoms with E-state index in [4.69, 9.17) is 16.2 Å². The molecule has 1 amide bonds. The van der Waals surface area contributed by atoms with E-state index in [2.05, 4.69) is 20.3 Å². The number of aliphatic hydroxyl groups excluding tert-OH is 1. The van der Waals surface area contributed by atoms with Gasteiger partial charge < -0.3 is 26.6 Å². The molecule has 0 unspecified atom stereocenters. The number of halogens is 2. The first-order valence-corrected chi connectivity index (χ1v) is 11.4. The molecule has 36 heavy (non-hydrogen) atoms. The summed E-state index contributed by atoms with van der Waals surface area (Å²) < 4.78 is 34.7. The lowest BCUT2D eigenvalue weighted by Gasteiger charge is -2.44. The third-order valence-corrected chi connectivity index (χ3v) is 6.07. The van der Waals surface area contributed by atoms with Crippen molar-refractivity contribution in [2.45, 2.75) is 51.5 Å².